The van der Waals surface area contributed by atoms with Crippen LogP contribution in [-0.2, 0) is 0 Å². The summed E-state index contributed by atoms with van der Waals surface area (Å²) in [4.78, 5) is 23.5. The van der Waals surface area contributed by atoms with E-state index in [9.17, 15) is 9.59 Å². The number of methoxy groups -OCH3 is 2. The molecule has 0 N–H and O–H groups in total. The number of carbonyl (C=O) groups excluding carboxylic acids is 2. The highest BCUT2D eigenvalue weighted by atomic mass is 16.5. The standard InChI is InChI=1S/C24H30O6/c1-5-7-8-17(6-2)16-29-23-14-21(27-3)20(13-22(23)28-4)24(26)30-19-11-9-18(15-25)10-12-19/h9-15,17H,5-8,16H2,1-4H3. The molecule has 6 heteroatoms. The van der Waals surface area contributed by atoms with Crippen LogP contribution in [0.1, 0.15) is 60.2 Å². The first-order valence-electron chi connectivity index (χ1n) is 10.2. The summed E-state index contributed by atoms with van der Waals surface area (Å²) in [6, 6.07) is 9.48. The van der Waals surface area contributed by atoms with Crippen LogP contribution < -0.4 is 18.9 Å². The smallest absolute Gasteiger partial charge is 0.347 e. The molecule has 0 spiro atoms. The molecule has 1 unspecified atom stereocenters. The summed E-state index contributed by atoms with van der Waals surface area (Å²) >= 11 is 0. The molecule has 0 aliphatic rings. The predicted molar refractivity (Wildman–Crippen MR) is 115 cm³/mol. The SMILES string of the molecule is CCCCC(CC)COc1cc(OC)c(C(=O)Oc2ccc(C=O)cc2)cc1OC. The Morgan fingerprint density at radius 3 is 2.27 bits per heavy atom. The van der Waals surface area contributed by atoms with Crippen LogP contribution in [0.25, 0.3) is 0 Å². The van der Waals surface area contributed by atoms with Gasteiger partial charge < -0.3 is 18.9 Å². The maximum absolute atomic E-state index is 12.7. The van der Waals surface area contributed by atoms with Gasteiger partial charge in [-0.25, -0.2) is 4.79 Å². The molecule has 2 aromatic carbocycles. The Morgan fingerprint density at radius 2 is 1.70 bits per heavy atom. The molecule has 162 valence electrons. The van der Waals surface area contributed by atoms with E-state index in [1.54, 1.807) is 36.4 Å². The predicted octanol–water partition coefficient (Wildman–Crippen LogP) is 5.33. The molecule has 0 radical (unpaired) electrons. The van der Waals surface area contributed by atoms with Gasteiger partial charge in [0.25, 0.3) is 0 Å². The van der Waals surface area contributed by atoms with Gasteiger partial charge >= 0.3 is 5.97 Å². The van der Waals surface area contributed by atoms with Crippen LogP contribution >= 0.6 is 0 Å². The van der Waals surface area contributed by atoms with E-state index in [1.807, 2.05) is 0 Å². The Morgan fingerprint density at radius 1 is 1.00 bits per heavy atom. The van der Waals surface area contributed by atoms with Crippen molar-refractivity contribution >= 4 is 12.3 Å². The molecule has 0 heterocycles. The molecular weight excluding hydrogens is 384 g/mol. The Balaban J connectivity index is 2.19. The molecule has 0 saturated heterocycles. The molecule has 2 rings (SSSR count). The van der Waals surface area contributed by atoms with E-state index in [4.69, 9.17) is 18.9 Å². The zero-order chi connectivity index (χ0) is 21.9. The number of benzene rings is 2. The Labute approximate surface area is 178 Å². The van der Waals surface area contributed by atoms with Crippen LogP contribution in [-0.4, -0.2) is 33.1 Å². The fraction of sp³-hybridized carbons (Fsp3) is 0.417. The molecule has 0 bridgehead atoms. The van der Waals surface area contributed by atoms with E-state index in [1.165, 1.54) is 20.6 Å². The van der Waals surface area contributed by atoms with E-state index in [2.05, 4.69) is 13.8 Å². The van der Waals surface area contributed by atoms with Crippen molar-refractivity contribution in [3.8, 4) is 23.0 Å². The molecule has 6 nitrogen and oxygen atoms in total. The summed E-state index contributed by atoms with van der Waals surface area (Å²) in [5.74, 6) is 1.49. The fourth-order valence-corrected chi connectivity index (χ4v) is 3.02. The second kappa shape index (κ2) is 11.9. The molecular formula is C24H30O6. The maximum Gasteiger partial charge on any atom is 0.347 e. The highest BCUT2D eigenvalue weighted by Crippen LogP contribution is 2.36. The second-order valence-corrected chi connectivity index (χ2v) is 7.01. The monoisotopic (exact) mass is 414 g/mol. The topological polar surface area (TPSA) is 71.1 Å². The first kappa shape index (κ1) is 23.3. The van der Waals surface area contributed by atoms with Crippen molar-refractivity contribution in [3.63, 3.8) is 0 Å². The van der Waals surface area contributed by atoms with E-state index >= 15 is 0 Å². The number of ether oxygens (including phenoxy) is 4. The number of aldehydes is 1. The van der Waals surface area contributed by atoms with Crippen molar-refractivity contribution in [3.05, 3.63) is 47.5 Å². The third-order valence-electron chi connectivity index (χ3n) is 4.95. The largest absolute Gasteiger partial charge is 0.496 e. The van der Waals surface area contributed by atoms with Crippen molar-refractivity contribution in [2.45, 2.75) is 39.5 Å². The van der Waals surface area contributed by atoms with Gasteiger partial charge in [0, 0.05) is 17.7 Å². The lowest BCUT2D eigenvalue weighted by molar-refractivity contribution is 0.0730. The molecule has 0 aromatic heterocycles. The van der Waals surface area contributed by atoms with Gasteiger partial charge in [0.2, 0.25) is 0 Å². The normalized spacial score (nSPS) is 11.5. The van der Waals surface area contributed by atoms with Gasteiger partial charge in [-0.2, -0.15) is 0 Å². The van der Waals surface area contributed by atoms with E-state index in [0.717, 1.165) is 25.5 Å². The summed E-state index contributed by atoms with van der Waals surface area (Å²) < 4.78 is 22.3. The zero-order valence-electron chi connectivity index (χ0n) is 18.1. The number of esters is 1. The first-order chi connectivity index (χ1) is 14.6. The highest BCUT2D eigenvalue weighted by Gasteiger charge is 2.20. The van der Waals surface area contributed by atoms with Gasteiger partial charge in [-0.15, -0.1) is 0 Å². The number of hydrogen-bond donors (Lipinski definition) is 0. The molecule has 0 aliphatic heterocycles. The first-order valence-corrected chi connectivity index (χ1v) is 10.2. The van der Waals surface area contributed by atoms with Crippen LogP contribution in [0, 0.1) is 5.92 Å². The summed E-state index contributed by atoms with van der Waals surface area (Å²) in [5.41, 5.74) is 0.721. The summed E-state index contributed by atoms with van der Waals surface area (Å²) in [5, 5.41) is 0. The molecule has 30 heavy (non-hydrogen) atoms. The average molecular weight is 414 g/mol. The van der Waals surface area contributed by atoms with Gasteiger partial charge in [-0.3, -0.25) is 4.79 Å². The van der Waals surface area contributed by atoms with Crippen molar-refractivity contribution in [1.82, 2.24) is 0 Å². The van der Waals surface area contributed by atoms with Crippen LogP contribution in [0.15, 0.2) is 36.4 Å². The molecule has 0 amide bonds. The van der Waals surface area contributed by atoms with Crippen LogP contribution in [0.3, 0.4) is 0 Å². The molecule has 0 saturated carbocycles. The zero-order valence-corrected chi connectivity index (χ0v) is 18.1. The number of unbranched alkanes of at least 4 members (excludes halogenated alkanes) is 1. The van der Waals surface area contributed by atoms with Gasteiger partial charge in [0.15, 0.2) is 11.5 Å². The van der Waals surface area contributed by atoms with E-state index in [0.29, 0.717) is 41.1 Å². The molecule has 2 aromatic rings. The minimum absolute atomic E-state index is 0.221. The molecule has 0 aliphatic carbocycles. The third kappa shape index (κ3) is 6.24. The van der Waals surface area contributed by atoms with Crippen LogP contribution in [0.2, 0.25) is 0 Å². The lowest BCUT2D eigenvalue weighted by Gasteiger charge is -2.18. The maximum atomic E-state index is 12.7. The number of hydrogen-bond acceptors (Lipinski definition) is 6. The summed E-state index contributed by atoms with van der Waals surface area (Å²) in [6.07, 6.45) is 5.19. The third-order valence-corrected chi connectivity index (χ3v) is 4.95. The summed E-state index contributed by atoms with van der Waals surface area (Å²) in [7, 11) is 3.01. The Bertz CT molecular complexity index is 828. The van der Waals surface area contributed by atoms with Gasteiger partial charge in [0.1, 0.15) is 23.3 Å². The lowest BCUT2D eigenvalue weighted by Crippen LogP contribution is -2.13. The van der Waals surface area contributed by atoms with Gasteiger partial charge in [0.05, 0.1) is 20.8 Å². The quantitative estimate of drug-likeness (QED) is 0.266. The average Bonchev–Trinajstić information content (AvgIpc) is 2.79. The lowest BCUT2D eigenvalue weighted by atomic mass is 10.0. The number of rotatable bonds is 12. The van der Waals surface area contributed by atoms with E-state index < -0.39 is 5.97 Å². The van der Waals surface area contributed by atoms with Gasteiger partial charge in [-0.05, 0) is 36.6 Å². The highest BCUT2D eigenvalue weighted by molar-refractivity contribution is 5.95. The number of carbonyl (C=O) groups is 2. The molecule has 1 atom stereocenters. The van der Waals surface area contributed by atoms with Crippen molar-refractivity contribution in [1.29, 1.82) is 0 Å². The van der Waals surface area contributed by atoms with Crippen molar-refractivity contribution in [2.24, 2.45) is 5.92 Å². The van der Waals surface area contributed by atoms with Crippen molar-refractivity contribution < 1.29 is 28.5 Å². The Kier molecular flexibility index (Phi) is 9.19. The van der Waals surface area contributed by atoms with Crippen LogP contribution in [0.5, 0.6) is 23.0 Å². The minimum Gasteiger partial charge on any atom is -0.496 e. The van der Waals surface area contributed by atoms with Crippen LogP contribution in [0.4, 0.5) is 0 Å². The fourth-order valence-electron chi connectivity index (χ4n) is 3.02. The van der Waals surface area contributed by atoms with Crippen molar-refractivity contribution in [2.75, 3.05) is 20.8 Å². The molecule has 0 fully saturated rings. The summed E-state index contributed by atoms with van der Waals surface area (Å²) in [6.45, 7) is 4.90. The Hall–Kier alpha value is -3.02. The van der Waals surface area contributed by atoms with Gasteiger partial charge in [-0.1, -0.05) is 33.1 Å². The van der Waals surface area contributed by atoms with E-state index in [-0.39, 0.29) is 5.56 Å². The minimum atomic E-state index is -0.593. The second-order valence-electron chi connectivity index (χ2n) is 7.01.